The molecule has 0 aliphatic carbocycles. The molecular formula is C41H35N3O4. The summed E-state index contributed by atoms with van der Waals surface area (Å²) in [5, 5.41) is 14.5. The lowest BCUT2D eigenvalue weighted by Gasteiger charge is -2.26. The minimum absolute atomic E-state index is 0.00181. The Morgan fingerprint density at radius 3 is 2.19 bits per heavy atom. The van der Waals surface area contributed by atoms with Gasteiger partial charge in [-0.2, -0.15) is 0 Å². The van der Waals surface area contributed by atoms with E-state index in [9.17, 15) is 19.5 Å². The minimum atomic E-state index is -0.870. The first-order chi connectivity index (χ1) is 23.3. The first-order valence-corrected chi connectivity index (χ1v) is 15.7. The molecule has 0 aliphatic heterocycles. The highest BCUT2D eigenvalue weighted by Crippen LogP contribution is 2.38. The number of rotatable bonds is 10. The SMILES string of the molecule is CN(C(=O)Nc1ccc2ccccc2c1)c1cccc(-c2ccc(CCC(=O)O)cc2N(C)c2ccccc2C(=O)c2ccccc2)c1. The van der Waals surface area contributed by atoms with E-state index in [1.54, 1.807) is 24.1 Å². The number of benzene rings is 6. The van der Waals surface area contributed by atoms with Gasteiger partial charge in [-0.3, -0.25) is 14.5 Å². The molecule has 7 nitrogen and oxygen atoms in total. The van der Waals surface area contributed by atoms with Crippen LogP contribution in [-0.4, -0.2) is 37.0 Å². The van der Waals surface area contributed by atoms with Crippen molar-refractivity contribution in [3.8, 4) is 11.1 Å². The Bertz CT molecular complexity index is 2130. The number of aryl methyl sites for hydroxylation is 1. The van der Waals surface area contributed by atoms with E-state index in [0.717, 1.165) is 33.2 Å². The molecule has 0 atom stereocenters. The van der Waals surface area contributed by atoms with E-state index in [-0.39, 0.29) is 18.2 Å². The smallest absolute Gasteiger partial charge is 0.326 e. The number of aliphatic carboxylic acids is 1. The Morgan fingerprint density at radius 2 is 1.40 bits per heavy atom. The van der Waals surface area contributed by atoms with Gasteiger partial charge in [0, 0.05) is 54.3 Å². The van der Waals surface area contributed by atoms with Crippen LogP contribution in [0.2, 0.25) is 0 Å². The van der Waals surface area contributed by atoms with Crippen LogP contribution in [-0.2, 0) is 11.2 Å². The van der Waals surface area contributed by atoms with Crippen molar-refractivity contribution in [3.63, 3.8) is 0 Å². The molecule has 238 valence electrons. The molecule has 0 aliphatic rings. The fourth-order valence-corrected chi connectivity index (χ4v) is 5.81. The summed E-state index contributed by atoms with van der Waals surface area (Å²) in [5.41, 5.74) is 6.62. The van der Waals surface area contributed by atoms with Crippen LogP contribution in [0, 0.1) is 0 Å². The average molecular weight is 634 g/mol. The lowest BCUT2D eigenvalue weighted by atomic mass is 9.96. The molecule has 0 saturated heterocycles. The number of hydrogen-bond donors (Lipinski definition) is 2. The number of carbonyl (C=O) groups excluding carboxylic acids is 2. The third-order valence-electron chi connectivity index (χ3n) is 8.45. The summed E-state index contributed by atoms with van der Waals surface area (Å²) in [4.78, 5) is 42.0. The maximum atomic E-state index is 13.6. The molecule has 0 aromatic heterocycles. The summed E-state index contributed by atoms with van der Waals surface area (Å²) >= 11 is 0. The summed E-state index contributed by atoms with van der Waals surface area (Å²) in [6, 6.07) is 43.7. The molecule has 48 heavy (non-hydrogen) atoms. The predicted molar refractivity (Wildman–Crippen MR) is 194 cm³/mol. The van der Waals surface area contributed by atoms with Crippen LogP contribution in [0.25, 0.3) is 21.9 Å². The molecule has 0 spiro atoms. The van der Waals surface area contributed by atoms with E-state index in [2.05, 4.69) is 5.32 Å². The second kappa shape index (κ2) is 14.1. The van der Waals surface area contributed by atoms with Crippen LogP contribution in [0.4, 0.5) is 27.5 Å². The second-order valence-corrected chi connectivity index (χ2v) is 11.6. The zero-order valence-electron chi connectivity index (χ0n) is 26.8. The second-order valence-electron chi connectivity index (χ2n) is 11.6. The lowest BCUT2D eigenvalue weighted by molar-refractivity contribution is -0.136. The van der Waals surface area contributed by atoms with E-state index < -0.39 is 5.97 Å². The van der Waals surface area contributed by atoms with Crippen molar-refractivity contribution in [3.05, 3.63) is 156 Å². The number of nitrogens with zero attached hydrogens (tertiary/aromatic N) is 2. The van der Waals surface area contributed by atoms with Gasteiger partial charge in [0.15, 0.2) is 5.78 Å². The summed E-state index contributed by atoms with van der Waals surface area (Å²) in [7, 11) is 3.63. The van der Waals surface area contributed by atoms with Gasteiger partial charge in [-0.05, 0) is 70.8 Å². The maximum Gasteiger partial charge on any atom is 0.326 e. The van der Waals surface area contributed by atoms with Crippen molar-refractivity contribution < 1.29 is 19.5 Å². The van der Waals surface area contributed by atoms with Crippen LogP contribution < -0.4 is 15.1 Å². The van der Waals surface area contributed by atoms with Gasteiger partial charge in [-0.25, -0.2) is 4.79 Å². The fraction of sp³-hybridized carbons (Fsp3) is 0.0976. The molecule has 0 unspecified atom stereocenters. The normalized spacial score (nSPS) is 10.8. The van der Waals surface area contributed by atoms with Crippen molar-refractivity contribution in [1.29, 1.82) is 0 Å². The zero-order chi connectivity index (χ0) is 33.6. The van der Waals surface area contributed by atoms with E-state index in [4.69, 9.17) is 0 Å². The van der Waals surface area contributed by atoms with Crippen LogP contribution in [0.3, 0.4) is 0 Å². The van der Waals surface area contributed by atoms with Crippen molar-refractivity contribution in [2.75, 3.05) is 29.2 Å². The summed E-state index contributed by atoms with van der Waals surface area (Å²) in [6.07, 6.45) is 0.358. The number of carbonyl (C=O) groups is 3. The number of hydrogen-bond acceptors (Lipinski definition) is 4. The lowest BCUT2D eigenvalue weighted by Crippen LogP contribution is -2.31. The fourth-order valence-electron chi connectivity index (χ4n) is 5.81. The molecule has 6 aromatic rings. The van der Waals surface area contributed by atoms with Gasteiger partial charge < -0.3 is 15.3 Å². The monoisotopic (exact) mass is 633 g/mol. The molecule has 0 bridgehead atoms. The van der Waals surface area contributed by atoms with Gasteiger partial charge in [0.1, 0.15) is 0 Å². The van der Waals surface area contributed by atoms with Crippen LogP contribution in [0.15, 0.2) is 140 Å². The molecule has 0 fully saturated rings. The van der Waals surface area contributed by atoms with Crippen molar-refractivity contribution in [1.82, 2.24) is 0 Å². The highest BCUT2D eigenvalue weighted by atomic mass is 16.4. The largest absolute Gasteiger partial charge is 0.481 e. The standard InChI is InChI=1S/C41H35N3O4/c1-43(41(48)42-33-22-21-29-11-6-7-14-31(29)26-33)34-16-10-15-32(27-34)35-23-19-28(20-24-39(45)46)25-38(35)44(2)37-18-9-8-17-36(37)40(47)30-12-4-3-5-13-30/h3-19,21-23,25-27H,20,24H2,1-2H3,(H,42,48)(H,45,46). The molecule has 2 N–H and O–H groups in total. The summed E-state index contributed by atoms with van der Waals surface area (Å²) in [5.74, 6) is -0.965. The molecule has 6 aromatic carbocycles. The van der Waals surface area contributed by atoms with E-state index in [1.807, 2.05) is 139 Å². The number of carboxylic acid groups (broad SMARTS) is 1. The predicted octanol–water partition coefficient (Wildman–Crippen LogP) is 9.19. The topological polar surface area (TPSA) is 89.9 Å². The third-order valence-corrected chi connectivity index (χ3v) is 8.45. The number of urea groups is 1. The number of anilines is 4. The number of nitrogens with one attached hydrogen (secondary N) is 1. The Kier molecular flexibility index (Phi) is 9.30. The first kappa shape index (κ1) is 31.8. The molecule has 0 saturated carbocycles. The number of ketones is 1. The van der Waals surface area contributed by atoms with Crippen LogP contribution in [0.1, 0.15) is 27.9 Å². The Labute approximate surface area is 279 Å². The average Bonchev–Trinajstić information content (AvgIpc) is 3.13. The van der Waals surface area contributed by atoms with E-state index in [0.29, 0.717) is 34.6 Å². The summed E-state index contributed by atoms with van der Waals surface area (Å²) < 4.78 is 0. The van der Waals surface area contributed by atoms with Gasteiger partial charge in [0.2, 0.25) is 0 Å². The van der Waals surface area contributed by atoms with Gasteiger partial charge in [-0.15, -0.1) is 0 Å². The van der Waals surface area contributed by atoms with Gasteiger partial charge in [0.25, 0.3) is 0 Å². The number of para-hydroxylation sites is 1. The molecular weight excluding hydrogens is 598 g/mol. The third kappa shape index (κ3) is 6.95. The van der Waals surface area contributed by atoms with Gasteiger partial charge in [-0.1, -0.05) is 97.1 Å². The summed E-state index contributed by atoms with van der Waals surface area (Å²) in [6.45, 7) is 0. The van der Waals surface area contributed by atoms with Gasteiger partial charge in [0.05, 0.1) is 5.69 Å². The van der Waals surface area contributed by atoms with Gasteiger partial charge >= 0.3 is 12.0 Å². The molecule has 0 radical (unpaired) electrons. The number of amides is 2. The Balaban J connectivity index is 1.34. The molecule has 6 rings (SSSR count). The Morgan fingerprint density at radius 1 is 0.667 bits per heavy atom. The number of fused-ring (bicyclic) bond motifs is 1. The Hall–Kier alpha value is -6.21. The van der Waals surface area contributed by atoms with Crippen LogP contribution >= 0.6 is 0 Å². The maximum absolute atomic E-state index is 13.6. The zero-order valence-corrected chi connectivity index (χ0v) is 26.8. The van der Waals surface area contributed by atoms with E-state index in [1.165, 1.54) is 0 Å². The first-order valence-electron chi connectivity index (χ1n) is 15.7. The van der Waals surface area contributed by atoms with Crippen molar-refractivity contribution in [2.45, 2.75) is 12.8 Å². The minimum Gasteiger partial charge on any atom is -0.481 e. The molecule has 7 heteroatoms. The quantitative estimate of drug-likeness (QED) is 0.147. The van der Waals surface area contributed by atoms with Crippen molar-refractivity contribution in [2.24, 2.45) is 0 Å². The molecule has 0 heterocycles. The molecule has 2 amide bonds. The van der Waals surface area contributed by atoms with Crippen molar-refractivity contribution >= 4 is 51.3 Å². The highest BCUT2D eigenvalue weighted by molar-refractivity contribution is 6.13. The highest BCUT2D eigenvalue weighted by Gasteiger charge is 2.20. The number of carboxylic acids is 1. The van der Waals surface area contributed by atoms with E-state index >= 15 is 0 Å². The van der Waals surface area contributed by atoms with Crippen LogP contribution in [0.5, 0.6) is 0 Å².